The third kappa shape index (κ3) is 7.52. The van der Waals surface area contributed by atoms with Gasteiger partial charge in [0.05, 0.1) is 77.4 Å². The van der Waals surface area contributed by atoms with Crippen LogP contribution in [0.1, 0.15) is 24.0 Å². The number of ether oxygens (including phenoxy) is 6. The number of aromatic hydroxyl groups is 2. The summed E-state index contributed by atoms with van der Waals surface area (Å²) in [6.45, 7) is 1.04. The van der Waals surface area contributed by atoms with Crippen molar-refractivity contribution in [1.82, 2.24) is 4.73 Å². The van der Waals surface area contributed by atoms with Gasteiger partial charge in [0.1, 0.15) is 48.6 Å². The summed E-state index contributed by atoms with van der Waals surface area (Å²) in [5.41, 5.74) is 5.03. The monoisotopic (exact) mass is 733 g/mol. The van der Waals surface area contributed by atoms with Gasteiger partial charge in [-0.3, -0.25) is 0 Å². The number of hydrogen-bond acceptors (Lipinski definition) is 12. The lowest BCUT2D eigenvalue weighted by atomic mass is 9.86. The number of aromatic nitrogens is 1. The Labute approximate surface area is 309 Å². The van der Waals surface area contributed by atoms with Crippen LogP contribution in [0, 0.1) is 5.92 Å². The predicted octanol–water partition coefficient (Wildman–Crippen LogP) is 4.46. The molecule has 14 nitrogen and oxygen atoms in total. The lowest BCUT2D eigenvalue weighted by Crippen LogP contribution is -2.39. The first kappa shape index (κ1) is 38.3. The standard InChI is InChI=1S/C39H48N4O10/c1-40(2)24-17-27(47-5)35(28(18-24)48-6)38(36-29(49-7)19-25(41(3)4)20-30(36)50-8)37-31(51-9)21-26(22-32(37)52-10)42-15-13-23(14-16-42)39(46)53-43-33(44)11-12-34(43)45/h11-12,17-23H,13-16H2,1-10H3,(H-,44,45)/p+1. The molecule has 5 rings (SSSR count). The van der Waals surface area contributed by atoms with Crippen LogP contribution in [0.5, 0.6) is 34.8 Å². The maximum absolute atomic E-state index is 13.0. The van der Waals surface area contributed by atoms with Crippen molar-refractivity contribution in [3.63, 3.8) is 0 Å². The second-order valence-corrected chi connectivity index (χ2v) is 12.9. The molecule has 0 saturated carbocycles. The smallest absolute Gasteiger partial charge is 0.336 e. The summed E-state index contributed by atoms with van der Waals surface area (Å²) in [5.74, 6) is 1.42. The summed E-state index contributed by atoms with van der Waals surface area (Å²) in [5, 5.41) is 19.8. The first-order valence-electron chi connectivity index (χ1n) is 17.0. The van der Waals surface area contributed by atoms with Crippen LogP contribution in [0.25, 0.3) is 5.57 Å². The van der Waals surface area contributed by atoms with Gasteiger partial charge in [0.15, 0.2) is 0 Å². The summed E-state index contributed by atoms with van der Waals surface area (Å²) >= 11 is 0. The topological polar surface area (TPSA) is 137 Å². The van der Waals surface area contributed by atoms with Crippen molar-refractivity contribution in [2.24, 2.45) is 5.92 Å². The first-order valence-corrected chi connectivity index (χ1v) is 17.0. The van der Waals surface area contributed by atoms with E-state index in [0.29, 0.717) is 87.5 Å². The second kappa shape index (κ2) is 16.2. The van der Waals surface area contributed by atoms with E-state index in [1.165, 1.54) is 12.1 Å². The van der Waals surface area contributed by atoms with Crippen molar-refractivity contribution in [2.75, 3.05) is 93.7 Å². The van der Waals surface area contributed by atoms with Crippen LogP contribution in [0.15, 0.2) is 65.6 Å². The van der Waals surface area contributed by atoms with Crippen LogP contribution >= 0.6 is 0 Å². The number of piperidine rings is 1. The lowest BCUT2D eigenvalue weighted by Gasteiger charge is -2.33. The normalized spacial score (nSPS) is 14.6. The highest BCUT2D eigenvalue weighted by molar-refractivity contribution is 6.06. The quantitative estimate of drug-likeness (QED) is 0.255. The van der Waals surface area contributed by atoms with Crippen molar-refractivity contribution in [1.29, 1.82) is 0 Å². The lowest BCUT2D eigenvalue weighted by molar-refractivity contribution is -0.462. The zero-order valence-electron chi connectivity index (χ0n) is 32.0. The molecule has 284 valence electrons. The Bertz CT molecular complexity index is 1880. The van der Waals surface area contributed by atoms with E-state index in [0.717, 1.165) is 17.1 Å². The number of nitrogens with zero attached hydrogens (tertiary/aromatic N) is 4. The minimum atomic E-state index is -0.539. The van der Waals surface area contributed by atoms with E-state index in [-0.39, 0.29) is 11.8 Å². The summed E-state index contributed by atoms with van der Waals surface area (Å²) < 4.78 is 39.3. The molecule has 1 aliphatic heterocycles. The molecule has 3 aromatic rings. The maximum atomic E-state index is 13.0. The van der Waals surface area contributed by atoms with E-state index < -0.39 is 11.9 Å². The van der Waals surface area contributed by atoms with Crippen LogP contribution in [0.4, 0.5) is 11.4 Å². The molecule has 0 bridgehead atoms. The molecule has 1 saturated heterocycles. The van der Waals surface area contributed by atoms with Gasteiger partial charge in [0, 0.05) is 80.5 Å². The van der Waals surface area contributed by atoms with E-state index in [1.807, 2.05) is 74.1 Å². The van der Waals surface area contributed by atoms with Gasteiger partial charge < -0.3 is 53.3 Å². The summed E-state index contributed by atoms with van der Waals surface area (Å²) in [4.78, 5) is 22.3. The van der Waals surface area contributed by atoms with Gasteiger partial charge in [-0.25, -0.2) is 9.37 Å². The van der Waals surface area contributed by atoms with Gasteiger partial charge in [-0.05, 0) is 12.8 Å². The van der Waals surface area contributed by atoms with Gasteiger partial charge in [0.2, 0.25) is 17.5 Å². The fourth-order valence-electron chi connectivity index (χ4n) is 6.54. The molecule has 0 radical (unpaired) electrons. The van der Waals surface area contributed by atoms with Crippen molar-refractivity contribution in [3.8, 4) is 34.8 Å². The van der Waals surface area contributed by atoms with E-state index in [1.54, 1.807) is 42.7 Å². The molecule has 0 amide bonds. The van der Waals surface area contributed by atoms with E-state index in [4.69, 9.17) is 33.3 Å². The molecule has 2 N–H and O–H groups in total. The Morgan fingerprint density at radius 2 is 1.19 bits per heavy atom. The molecule has 14 heteroatoms. The highest BCUT2D eigenvalue weighted by Crippen LogP contribution is 2.51. The van der Waals surface area contributed by atoms with Crippen molar-refractivity contribution >= 4 is 28.6 Å². The molecule has 2 heterocycles. The second-order valence-electron chi connectivity index (χ2n) is 12.9. The molecular formula is C39H49N4O10+. The SMILES string of the molecule is COC1=CC(=[N+](C)C)C=C(OC)C1=C(c1c(OC)cc(N(C)C)cc1OC)c1c(OC)cc(N2CCC(C(=O)On3c(O)ccc3O)CC2)cc1OC. The van der Waals surface area contributed by atoms with E-state index in [2.05, 4.69) is 4.90 Å². The fourth-order valence-corrected chi connectivity index (χ4v) is 6.54. The van der Waals surface area contributed by atoms with Crippen LogP contribution in [-0.2, 0) is 14.3 Å². The molecule has 1 fully saturated rings. The van der Waals surface area contributed by atoms with E-state index in [9.17, 15) is 15.0 Å². The number of methoxy groups -OCH3 is 6. The van der Waals surface area contributed by atoms with Crippen molar-refractivity contribution in [2.45, 2.75) is 12.8 Å². The number of anilines is 2. The summed E-state index contributed by atoms with van der Waals surface area (Å²) in [6.07, 6.45) is 4.83. The molecule has 0 unspecified atom stereocenters. The van der Waals surface area contributed by atoms with Crippen molar-refractivity contribution < 1.29 is 52.8 Å². The van der Waals surface area contributed by atoms with Crippen LogP contribution < -0.4 is 33.6 Å². The van der Waals surface area contributed by atoms with Gasteiger partial charge in [-0.1, -0.05) is 0 Å². The van der Waals surface area contributed by atoms with Crippen LogP contribution in [0.2, 0.25) is 0 Å². The molecule has 0 spiro atoms. The maximum Gasteiger partial charge on any atom is 0.336 e. The number of carbonyl (C=O) groups excluding carboxylic acids is 1. The van der Waals surface area contributed by atoms with Gasteiger partial charge in [-0.2, -0.15) is 0 Å². The minimum absolute atomic E-state index is 0.364. The van der Waals surface area contributed by atoms with Crippen molar-refractivity contribution in [3.05, 3.63) is 76.8 Å². The Hall–Kier alpha value is -5.92. The molecule has 1 aliphatic carbocycles. The number of carbonyl (C=O) groups is 1. The summed E-state index contributed by atoms with van der Waals surface area (Å²) in [6, 6.07) is 10.2. The molecular weight excluding hydrogens is 684 g/mol. The highest BCUT2D eigenvalue weighted by atomic mass is 16.7. The highest BCUT2D eigenvalue weighted by Gasteiger charge is 2.35. The third-order valence-electron chi connectivity index (χ3n) is 9.43. The largest absolute Gasteiger partial charge is 0.496 e. The Balaban J connectivity index is 1.68. The molecule has 2 aromatic carbocycles. The van der Waals surface area contributed by atoms with Gasteiger partial charge in [-0.15, -0.1) is 4.73 Å². The predicted molar refractivity (Wildman–Crippen MR) is 201 cm³/mol. The Morgan fingerprint density at radius 3 is 1.58 bits per heavy atom. The average Bonchev–Trinajstić information content (AvgIpc) is 3.49. The van der Waals surface area contributed by atoms with Gasteiger partial charge in [0.25, 0.3) is 0 Å². The third-order valence-corrected chi connectivity index (χ3v) is 9.43. The molecule has 1 aromatic heterocycles. The van der Waals surface area contributed by atoms with Crippen LogP contribution in [-0.4, -0.2) is 115 Å². The van der Waals surface area contributed by atoms with Crippen LogP contribution in [0.3, 0.4) is 0 Å². The summed E-state index contributed by atoms with van der Waals surface area (Å²) in [7, 11) is 17.4. The molecule has 53 heavy (non-hydrogen) atoms. The fraction of sp³-hybridized carbons (Fsp3) is 0.385. The minimum Gasteiger partial charge on any atom is -0.496 e. The average molecular weight is 734 g/mol. The van der Waals surface area contributed by atoms with Gasteiger partial charge >= 0.3 is 5.97 Å². The number of allylic oxidation sites excluding steroid dienone is 2. The molecule has 2 aliphatic rings. The number of rotatable bonds is 12. The first-order chi connectivity index (χ1) is 25.4. The Kier molecular flexibility index (Phi) is 11.7. The van der Waals surface area contributed by atoms with E-state index >= 15 is 0 Å². The number of benzene rings is 2. The zero-order chi connectivity index (χ0) is 38.6. The zero-order valence-corrected chi connectivity index (χ0v) is 32.0. The number of hydrogen-bond donors (Lipinski definition) is 2. The molecule has 0 atom stereocenters. The Morgan fingerprint density at radius 1 is 0.736 bits per heavy atom.